The second-order valence-corrected chi connectivity index (χ2v) is 7.37. The summed E-state index contributed by atoms with van der Waals surface area (Å²) >= 11 is 3.43. The van der Waals surface area contributed by atoms with Gasteiger partial charge in [-0.05, 0) is 41.3 Å². The van der Waals surface area contributed by atoms with Crippen LogP contribution in [-0.4, -0.2) is 5.91 Å². The number of hydrogen-bond donors (Lipinski definition) is 1. The molecule has 2 aromatic heterocycles. The van der Waals surface area contributed by atoms with Gasteiger partial charge < -0.3 is 5.32 Å². The van der Waals surface area contributed by atoms with Crippen LogP contribution in [0.15, 0.2) is 65.4 Å². The van der Waals surface area contributed by atoms with Crippen LogP contribution in [0.1, 0.15) is 34.2 Å². The van der Waals surface area contributed by atoms with E-state index in [1.807, 2.05) is 29.6 Å². The van der Waals surface area contributed by atoms with E-state index in [0.717, 1.165) is 18.4 Å². The van der Waals surface area contributed by atoms with Gasteiger partial charge in [-0.3, -0.25) is 4.79 Å². The Morgan fingerprint density at radius 2 is 1.74 bits per heavy atom. The van der Waals surface area contributed by atoms with Crippen molar-refractivity contribution < 1.29 is 4.79 Å². The molecule has 0 saturated heterocycles. The minimum atomic E-state index is -0.0505. The van der Waals surface area contributed by atoms with Crippen LogP contribution in [0.3, 0.4) is 0 Å². The van der Waals surface area contributed by atoms with E-state index in [-0.39, 0.29) is 11.9 Å². The van der Waals surface area contributed by atoms with Crippen LogP contribution in [0.2, 0.25) is 0 Å². The zero-order valence-electron chi connectivity index (χ0n) is 12.8. The van der Waals surface area contributed by atoms with Gasteiger partial charge in [-0.25, -0.2) is 0 Å². The van der Waals surface area contributed by atoms with Crippen molar-refractivity contribution in [2.45, 2.75) is 25.3 Å². The fourth-order valence-corrected chi connectivity index (χ4v) is 4.08. The fourth-order valence-electron chi connectivity index (χ4n) is 2.53. The zero-order chi connectivity index (χ0) is 15.9. The first-order chi connectivity index (χ1) is 11.3. The van der Waals surface area contributed by atoms with Crippen LogP contribution >= 0.6 is 22.7 Å². The summed E-state index contributed by atoms with van der Waals surface area (Å²) in [6, 6.07) is 18.4. The lowest BCUT2D eigenvalue weighted by Crippen LogP contribution is -2.28. The van der Waals surface area contributed by atoms with Crippen LogP contribution in [0.5, 0.6) is 0 Å². The topological polar surface area (TPSA) is 29.1 Å². The second-order valence-electron chi connectivity index (χ2n) is 5.36. The van der Waals surface area contributed by atoms with E-state index >= 15 is 0 Å². The first-order valence-corrected chi connectivity index (χ1v) is 9.49. The molecule has 0 aliphatic heterocycles. The SMILES string of the molecule is O=C(CCCc1cccs1)NC(c1ccccc1)c1cccs1. The van der Waals surface area contributed by atoms with Crippen LogP contribution in [0.25, 0.3) is 0 Å². The van der Waals surface area contributed by atoms with E-state index in [1.54, 1.807) is 22.7 Å². The molecule has 3 rings (SSSR count). The average molecular weight is 342 g/mol. The number of hydrogen-bond acceptors (Lipinski definition) is 3. The van der Waals surface area contributed by atoms with Crippen molar-refractivity contribution in [3.8, 4) is 0 Å². The summed E-state index contributed by atoms with van der Waals surface area (Å²) < 4.78 is 0. The molecule has 1 aromatic carbocycles. The van der Waals surface area contributed by atoms with Crippen molar-refractivity contribution in [1.29, 1.82) is 0 Å². The first-order valence-electron chi connectivity index (χ1n) is 7.73. The van der Waals surface area contributed by atoms with Gasteiger partial charge in [0.25, 0.3) is 0 Å². The third-order valence-electron chi connectivity index (χ3n) is 3.67. The van der Waals surface area contributed by atoms with E-state index in [1.165, 1.54) is 9.75 Å². The Balaban J connectivity index is 1.61. The van der Waals surface area contributed by atoms with Crippen LogP contribution in [-0.2, 0) is 11.2 Å². The number of thiophene rings is 2. The Labute approximate surface area is 144 Å². The Morgan fingerprint density at radius 3 is 2.43 bits per heavy atom. The molecule has 0 aliphatic rings. The van der Waals surface area contributed by atoms with Crippen molar-refractivity contribution in [3.63, 3.8) is 0 Å². The van der Waals surface area contributed by atoms with Gasteiger partial charge in [0, 0.05) is 16.2 Å². The van der Waals surface area contributed by atoms with Crippen molar-refractivity contribution in [2.75, 3.05) is 0 Å². The van der Waals surface area contributed by atoms with Crippen molar-refractivity contribution in [2.24, 2.45) is 0 Å². The van der Waals surface area contributed by atoms with E-state index in [2.05, 4.69) is 41.0 Å². The minimum absolute atomic E-state index is 0.0505. The van der Waals surface area contributed by atoms with Gasteiger partial charge in [0.15, 0.2) is 0 Å². The van der Waals surface area contributed by atoms with Gasteiger partial charge in [0.05, 0.1) is 6.04 Å². The molecule has 118 valence electrons. The highest BCUT2D eigenvalue weighted by atomic mass is 32.1. The monoisotopic (exact) mass is 341 g/mol. The van der Waals surface area contributed by atoms with Crippen molar-refractivity contribution in [3.05, 3.63) is 80.7 Å². The number of benzene rings is 1. The number of aryl methyl sites for hydroxylation is 1. The zero-order valence-corrected chi connectivity index (χ0v) is 14.4. The highest BCUT2D eigenvalue weighted by Gasteiger charge is 2.17. The highest BCUT2D eigenvalue weighted by Crippen LogP contribution is 2.26. The number of rotatable bonds is 7. The smallest absolute Gasteiger partial charge is 0.220 e. The molecule has 0 fully saturated rings. The molecular formula is C19H19NOS2. The summed E-state index contributed by atoms with van der Waals surface area (Å²) in [5.41, 5.74) is 1.13. The van der Waals surface area contributed by atoms with Crippen LogP contribution in [0.4, 0.5) is 0 Å². The molecule has 0 aliphatic carbocycles. The summed E-state index contributed by atoms with van der Waals surface area (Å²) in [7, 11) is 0. The molecule has 4 heteroatoms. The molecule has 3 aromatic rings. The van der Waals surface area contributed by atoms with Gasteiger partial charge in [-0.2, -0.15) is 0 Å². The molecule has 0 spiro atoms. The number of carbonyl (C=O) groups is 1. The van der Waals surface area contributed by atoms with E-state index in [0.29, 0.717) is 6.42 Å². The van der Waals surface area contributed by atoms with Gasteiger partial charge in [-0.15, -0.1) is 22.7 Å². The van der Waals surface area contributed by atoms with E-state index in [9.17, 15) is 4.79 Å². The maximum Gasteiger partial charge on any atom is 0.220 e. The fraction of sp³-hybridized carbons (Fsp3) is 0.211. The molecule has 0 radical (unpaired) electrons. The predicted molar refractivity (Wildman–Crippen MR) is 98.0 cm³/mol. The summed E-state index contributed by atoms with van der Waals surface area (Å²) in [6.07, 6.45) is 2.42. The molecule has 0 saturated carbocycles. The predicted octanol–water partition coefficient (Wildman–Crippen LogP) is 5.04. The maximum absolute atomic E-state index is 12.3. The van der Waals surface area contributed by atoms with E-state index < -0.39 is 0 Å². The molecule has 1 unspecified atom stereocenters. The standard InChI is InChI=1S/C19H19NOS2/c21-18(12-4-9-16-10-5-13-22-16)20-19(17-11-6-14-23-17)15-7-2-1-3-8-15/h1-3,5-8,10-11,13-14,19H,4,9,12H2,(H,20,21). The molecule has 2 nitrogen and oxygen atoms in total. The Morgan fingerprint density at radius 1 is 0.957 bits per heavy atom. The maximum atomic E-state index is 12.3. The Hall–Kier alpha value is -1.91. The van der Waals surface area contributed by atoms with Gasteiger partial charge in [-0.1, -0.05) is 42.5 Å². The lowest BCUT2D eigenvalue weighted by atomic mass is 10.0. The van der Waals surface area contributed by atoms with Gasteiger partial charge in [0.1, 0.15) is 0 Å². The third kappa shape index (κ3) is 4.53. The molecule has 2 heterocycles. The summed E-state index contributed by atoms with van der Waals surface area (Å²) in [5, 5.41) is 7.32. The normalized spacial score (nSPS) is 12.0. The number of amides is 1. The highest BCUT2D eigenvalue weighted by molar-refractivity contribution is 7.10. The lowest BCUT2D eigenvalue weighted by molar-refractivity contribution is -0.121. The summed E-state index contributed by atoms with van der Waals surface area (Å²) in [5.74, 6) is 0.115. The molecule has 1 N–H and O–H groups in total. The molecular weight excluding hydrogens is 322 g/mol. The molecule has 1 atom stereocenters. The minimum Gasteiger partial charge on any atom is -0.344 e. The quantitative estimate of drug-likeness (QED) is 0.641. The second kappa shape index (κ2) is 8.09. The van der Waals surface area contributed by atoms with Crippen molar-refractivity contribution >= 4 is 28.6 Å². The van der Waals surface area contributed by atoms with Gasteiger partial charge >= 0.3 is 0 Å². The van der Waals surface area contributed by atoms with Gasteiger partial charge in [0.2, 0.25) is 5.91 Å². The van der Waals surface area contributed by atoms with E-state index in [4.69, 9.17) is 0 Å². The molecule has 1 amide bonds. The largest absolute Gasteiger partial charge is 0.344 e. The van der Waals surface area contributed by atoms with Crippen molar-refractivity contribution in [1.82, 2.24) is 5.32 Å². The third-order valence-corrected chi connectivity index (χ3v) is 5.55. The van der Waals surface area contributed by atoms with Crippen LogP contribution in [0, 0.1) is 0 Å². The molecule has 23 heavy (non-hydrogen) atoms. The van der Waals surface area contributed by atoms with Crippen LogP contribution < -0.4 is 5.32 Å². The Kier molecular flexibility index (Phi) is 5.61. The number of nitrogens with one attached hydrogen (secondary N) is 1. The lowest BCUT2D eigenvalue weighted by Gasteiger charge is -2.18. The Bertz CT molecular complexity index is 705. The number of carbonyl (C=O) groups excluding carboxylic acids is 1. The summed E-state index contributed by atoms with van der Waals surface area (Å²) in [6.45, 7) is 0. The first kappa shape index (κ1) is 16.0. The molecule has 0 bridgehead atoms. The average Bonchev–Trinajstić information content (AvgIpc) is 3.27. The summed E-state index contributed by atoms with van der Waals surface area (Å²) in [4.78, 5) is 14.9.